The van der Waals surface area contributed by atoms with Gasteiger partial charge in [-0.15, -0.1) is 0 Å². The molecule has 2 aromatic rings. The number of methoxy groups -OCH3 is 1. The van der Waals surface area contributed by atoms with Crippen molar-refractivity contribution in [2.24, 2.45) is 0 Å². The number of carbonyl (C=O) groups is 1. The van der Waals surface area contributed by atoms with Gasteiger partial charge < -0.3 is 10.1 Å². The number of likely N-dealkylation sites (N-methyl/N-ethyl adjacent to an activating group) is 1. The molecule has 1 amide bonds. The Bertz CT molecular complexity index is 861. The van der Waals surface area contributed by atoms with Gasteiger partial charge in [0.15, 0.2) is 0 Å². The van der Waals surface area contributed by atoms with Gasteiger partial charge in [0, 0.05) is 12.7 Å². The van der Waals surface area contributed by atoms with E-state index in [0.717, 1.165) is 15.4 Å². The number of amides is 1. The van der Waals surface area contributed by atoms with Gasteiger partial charge in [0.05, 0.1) is 18.6 Å². The van der Waals surface area contributed by atoms with E-state index in [1.54, 1.807) is 18.2 Å². The van der Waals surface area contributed by atoms with Crippen LogP contribution in [0.15, 0.2) is 47.4 Å². The second-order valence-corrected chi connectivity index (χ2v) is 7.85. The Kier molecular flexibility index (Phi) is 5.81. The van der Waals surface area contributed by atoms with Gasteiger partial charge in [-0.2, -0.15) is 4.31 Å². The average molecular weight is 362 g/mol. The number of hydrogen-bond donors (Lipinski definition) is 1. The molecule has 0 unspecified atom stereocenters. The lowest BCUT2D eigenvalue weighted by molar-refractivity contribution is -0.116. The molecule has 0 saturated heterocycles. The SMILES string of the molecule is COc1ccc(S(=O)(=O)N(C)CC(=O)Nc2ccc(C)cc2C)cc1. The summed E-state index contributed by atoms with van der Waals surface area (Å²) in [6.07, 6.45) is 0. The van der Waals surface area contributed by atoms with Crippen molar-refractivity contribution in [1.29, 1.82) is 0 Å². The van der Waals surface area contributed by atoms with Crippen LogP contribution in [-0.2, 0) is 14.8 Å². The molecule has 1 N–H and O–H groups in total. The minimum atomic E-state index is -3.75. The molecule has 0 fully saturated rings. The molecular formula is C18H22N2O4S. The van der Waals surface area contributed by atoms with Gasteiger partial charge in [-0.1, -0.05) is 17.7 Å². The number of ether oxygens (including phenoxy) is 1. The monoisotopic (exact) mass is 362 g/mol. The van der Waals surface area contributed by atoms with Crippen molar-refractivity contribution in [1.82, 2.24) is 4.31 Å². The fraction of sp³-hybridized carbons (Fsp3) is 0.278. The highest BCUT2D eigenvalue weighted by molar-refractivity contribution is 7.89. The van der Waals surface area contributed by atoms with E-state index in [4.69, 9.17) is 4.74 Å². The highest BCUT2D eigenvalue weighted by Gasteiger charge is 2.23. The van der Waals surface area contributed by atoms with Crippen molar-refractivity contribution in [2.75, 3.05) is 26.0 Å². The topological polar surface area (TPSA) is 75.7 Å². The van der Waals surface area contributed by atoms with Crippen molar-refractivity contribution in [3.8, 4) is 5.75 Å². The van der Waals surface area contributed by atoms with Crippen LogP contribution < -0.4 is 10.1 Å². The van der Waals surface area contributed by atoms with Gasteiger partial charge in [-0.3, -0.25) is 4.79 Å². The smallest absolute Gasteiger partial charge is 0.243 e. The Labute approximate surface area is 148 Å². The maximum atomic E-state index is 12.5. The minimum absolute atomic E-state index is 0.107. The maximum absolute atomic E-state index is 12.5. The van der Waals surface area contributed by atoms with Crippen molar-refractivity contribution < 1.29 is 17.9 Å². The summed E-state index contributed by atoms with van der Waals surface area (Å²) in [7, 11) is -0.868. The van der Waals surface area contributed by atoms with Crippen LogP contribution in [0.5, 0.6) is 5.75 Å². The summed E-state index contributed by atoms with van der Waals surface area (Å²) in [6.45, 7) is 3.58. The van der Waals surface area contributed by atoms with E-state index in [1.807, 2.05) is 26.0 Å². The van der Waals surface area contributed by atoms with Crippen LogP contribution in [0.25, 0.3) is 0 Å². The second-order valence-electron chi connectivity index (χ2n) is 5.80. The third kappa shape index (κ3) is 4.58. The number of sulfonamides is 1. The summed E-state index contributed by atoms with van der Waals surface area (Å²) >= 11 is 0. The zero-order valence-corrected chi connectivity index (χ0v) is 15.6. The quantitative estimate of drug-likeness (QED) is 0.857. The van der Waals surface area contributed by atoms with E-state index < -0.39 is 15.9 Å². The van der Waals surface area contributed by atoms with E-state index in [0.29, 0.717) is 11.4 Å². The summed E-state index contributed by atoms with van der Waals surface area (Å²) in [5.74, 6) is 0.167. The van der Waals surface area contributed by atoms with E-state index in [9.17, 15) is 13.2 Å². The van der Waals surface area contributed by atoms with Crippen LogP contribution in [0, 0.1) is 13.8 Å². The first-order valence-corrected chi connectivity index (χ1v) is 9.15. The Morgan fingerprint density at radius 1 is 1.12 bits per heavy atom. The van der Waals surface area contributed by atoms with Crippen molar-refractivity contribution >= 4 is 21.6 Å². The van der Waals surface area contributed by atoms with Gasteiger partial charge in [0.1, 0.15) is 5.75 Å². The van der Waals surface area contributed by atoms with Crippen LogP contribution in [-0.4, -0.2) is 39.3 Å². The van der Waals surface area contributed by atoms with Gasteiger partial charge in [0.2, 0.25) is 15.9 Å². The fourth-order valence-corrected chi connectivity index (χ4v) is 3.49. The number of rotatable bonds is 6. The number of aryl methyl sites for hydroxylation is 2. The lowest BCUT2D eigenvalue weighted by Gasteiger charge is -2.17. The molecule has 0 radical (unpaired) electrons. The van der Waals surface area contributed by atoms with Gasteiger partial charge >= 0.3 is 0 Å². The summed E-state index contributed by atoms with van der Waals surface area (Å²) in [5, 5.41) is 2.75. The normalized spacial score (nSPS) is 11.4. The van der Waals surface area contributed by atoms with E-state index in [2.05, 4.69) is 5.32 Å². The molecule has 0 aliphatic rings. The molecule has 0 atom stereocenters. The fourth-order valence-electron chi connectivity index (χ4n) is 2.36. The molecule has 0 spiro atoms. The summed E-state index contributed by atoms with van der Waals surface area (Å²) in [6, 6.07) is 11.7. The standard InChI is InChI=1S/C18H22N2O4S/c1-13-5-10-17(14(2)11-13)19-18(21)12-20(3)25(22,23)16-8-6-15(24-4)7-9-16/h5-11H,12H2,1-4H3,(H,19,21). The van der Waals surface area contributed by atoms with Crippen LogP contribution in [0.1, 0.15) is 11.1 Å². The first-order chi connectivity index (χ1) is 11.7. The molecule has 0 aliphatic carbocycles. The van der Waals surface area contributed by atoms with Crippen LogP contribution in [0.3, 0.4) is 0 Å². The zero-order valence-electron chi connectivity index (χ0n) is 14.7. The minimum Gasteiger partial charge on any atom is -0.497 e. The summed E-state index contributed by atoms with van der Waals surface area (Å²) < 4.78 is 31.1. The predicted molar refractivity (Wildman–Crippen MR) is 97.4 cm³/mol. The van der Waals surface area contributed by atoms with Crippen molar-refractivity contribution in [2.45, 2.75) is 18.7 Å². The molecule has 6 nitrogen and oxygen atoms in total. The van der Waals surface area contributed by atoms with Gasteiger partial charge in [-0.05, 0) is 49.7 Å². The molecule has 7 heteroatoms. The summed E-state index contributed by atoms with van der Waals surface area (Å²) in [5.41, 5.74) is 2.69. The molecule has 25 heavy (non-hydrogen) atoms. The number of nitrogens with zero attached hydrogens (tertiary/aromatic N) is 1. The second kappa shape index (κ2) is 7.67. The molecule has 0 aliphatic heterocycles. The summed E-state index contributed by atoms with van der Waals surface area (Å²) in [4.78, 5) is 12.3. The van der Waals surface area contributed by atoms with Crippen LogP contribution in [0.2, 0.25) is 0 Å². The van der Waals surface area contributed by atoms with Gasteiger partial charge in [-0.25, -0.2) is 8.42 Å². The number of anilines is 1. The lowest BCUT2D eigenvalue weighted by atomic mass is 10.1. The highest BCUT2D eigenvalue weighted by atomic mass is 32.2. The molecule has 0 saturated carbocycles. The Hall–Kier alpha value is -2.38. The third-order valence-electron chi connectivity index (χ3n) is 3.79. The van der Waals surface area contributed by atoms with E-state index >= 15 is 0 Å². The zero-order chi connectivity index (χ0) is 18.6. The van der Waals surface area contributed by atoms with Gasteiger partial charge in [0.25, 0.3) is 0 Å². The Morgan fingerprint density at radius 3 is 2.32 bits per heavy atom. The molecule has 0 aromatic heterocycles. The number of nitrogens with one attached hydrogen (secondary N) is 1. The molecule has 0 heterocycles. The predicted octanol–water partition coefficient (Wildman–Crippen LogP) is 2.57. The maximum Gasteiger partial charge on any atom is 0.243 e. The van der Waals surface area contributed by atoms with Crippen LogP contribution in [0.4, 0.5) is 5.69 Å². The van der Waals surface area contributed by atoms with Crippen LogP contribution >= 0.6 is 0 Å². The first kappa shape index (κ1) is 19.0. The Morgan fingerprint density at radius 2 is 1.76 bits per heavy atom. The van der Waals surface area contributed by atoms with E-state index in [-0.39, 0.29) is 11.4 Å². The third-order valence-corrected chi connectivity index (χ3v) is 5.61. The first-order valence-electron chi connectivity index (χ1n) is 7.71. The molecule has 134 valence electrons. The van der Waals surface area contributed by atoms with Crippen molar-refractivity contribution in [3.05, 3.63) is 53.6 Å². The highest BCUT2D eigenvalue weighted by Crippen LogP contribution is 2.19. The molecule has 2 aromatic carbocycles. The number of carbonyl (C=O) groups excluding carboxylic acids is 1. The lowest BCUT2D eigenvalue weighted by Crippen LogP contribution is -2.35. The average Bonchev–Trinajstić information content (AvgIpc) is 2.57. The molecule has 0 bridgehead atoms. The molecular weight excluding hydrogens is 340 g/mol. The van der Waals surface area contributed by atoms with Crippen molar-refractivity contribution in [3.63, 3.8) is 0 Å². The van der Waals surface area contributed by atoms with E-state index in [1.165, 1.54) is 26.3 Å². The number of benzene rings is 2. The molecule has 2 rings (SSSR count). The number of hydrogen-bond acceptors (Lipinski definition) is 4. The largest absolute Gasteiger partial charge is 0.497 e. The Balaban J connectivity index is 2.08.